The molecule has 0 atom stereocenters. The maximum absolute atomic E-state index is 12.0. The largest absolute Gasteiger partial charge is 0.478 e. The minimum Gasteiger partial charge on any atom is -0.478 e. The number of hydrazine groups is 1. The van der Waals surface area contributed by atoms with Crippen molar-refractivity contribution >= 4 is 41.0 Å². The SMILES string of the molecule is Cc1c(Cl)cccc1NC(=O)CCC(=O)NNC(=O)c1ccccc1C(=O)O. The highest BCUT2D eigenvalue weighted by Crippen LogP contribution is 2.23. The number of carbonyl (C=O) groups excluding carboxylic acids is 3. The number of rotatable bonds is 6. The Hall–Kier alpha value is -3.39. The zero-order chi connectivity index (χ0) is 20.7. The van der Waals surface area contributed by atoms with Crippen LogP contribution in [-0.2, 0) is 9.59 Å². The summed E-state index contributed by atoms with van der Waals surface area (Å²) in [6.07, 6.45) is -0.286. The van der Waals surface area contributed by atoms with Crippen molar-refractivity contribution in [3.05, 3.63) is 64.2 Å². The van der Waals surface area contributed by atoms with Crippen LogP contribution in [0.15, 0.2) is 42.5 Å². The van der Waals surface area contributed by atoms with E-state index in [1.54, 1.807) is 25.1 Å². The van der Waals surface area contributed by atoms with E-state index in [1.807, 2.05) is 0 Å². The van der Waals surface area contributed by atoms with Crippen molar-refractivity contribution in [2.45, 2.75) is 19.8 Å². The van der Waals surface area contributed by atoms with Gasteiger partial charge < -0.3 is 10.4 Å². The van der Waals surface area contributed by atoms with Gasteiger partial charge in [-0.2, -0.15) is 0 Å². The normalized spacial score (nSPS) is 10.1. The highest BCUT2D eigenvalue weighted by atomic mass is 35.5. The van der Waals surface area contributed by atoms with Gasteiger partial charge in [0.15, 0.2) is 0 Å². The van der Waals surface area contributed by atoms with Crippen LogP contribution in [-0.4, -0.2) is 28.8 Å². The minimum absolute atomic E-state index is 0.0931. The fourth-order valence-electron chi connectivity index (χ4n) is 2.31. The van der Waals surface area contributed by atoms with Gasteiger partial charge in [-0.15, -0.1) is 0 Å². The number of halogens is 1. The zero-order valence-electron chi connectivity index (χ0n) is 14.9. The fraction of sp³-hybridized carbons (Fsp3) is 0.158. The number of amides is 3. The second-order valence-electron chi connectivity index (χ2n) is 5.81. The van der Waals surface area contributed by atoms with Crippen molar-refractivity contribution < 1.29 is 24.3 Å². The predicted molar refractivity (Wildman–Crippen MR) is 103 cm³/mol. The molecule has 0 spiro atoms. The van der Waals surface area contributed by atoms with E-state index in [2.05, 4.69) is 16.2 Å². The topological polar surface area (TPSA) is 125 Å². The van der Waals surface area contributed by atoms with E-state index in [1.165, 1.54) is 24.3 Å². The van der Waals surface area contributed by atoms with Crippen LogP contribution in [0.2, 0.25) is 5.02 Å². The van der Waals surface area contributed by atoms with Gasteiger partial charge in [-0.3, -0.25) is 25.2 Å². The highest BCUT2D eigenvalue weighted by molar-refractivity contribution is 6.31. The van der Waals surface area contributed by atoms with Crippen molar-refractivity contribution in [2.75, 3.05) is 5.32 Å². The highest BCUT2D eigenvalue weighted by Gasteiger charge is 2.16. The lowest BCUT2D eigenvalue weighted by Crippen LogP contribution is -2.42. The van der Waals surface area contributed by atoms with Gasteiger partial charge in [-0.25, -0.2) is 4.79 Å². The number of carbonyl (C=O) groups is 4. The van der Waals surface area contributed by atoms with Crippen LogP contribution in [0.1, 0.15) is 39.1 Å². The van der Waals surface area contributed by atoms with Gasteiger partial charge >= 0.3 is 5.97 Å². The maximum Gasteiger partial charge on any atom is 0.336 e. The molecule has 0 unspecified atom stereocenters. The van der Waals surface area contributed by atoms with E-state index < -0.39 is 17.8 Å². The summed E-state index contributed by atoms with van der Waals surface area (Å²) >= 11 is 5.98. The molecule has 0 fully saturated rings. The number of hydrogen-bond donors (Lipinski definition) is 4. The van der Waals surface area contributed by atoms with Crippen LogP contribution in [0.3, 0.4) is 0 Å². The molecule has 0 bridgehead atoms. The Morgan fingerprint density at radius 2 is 1.54 bits per heavy atom. The lowest BCUT2D eigenvalue weighted by molar-refractivity contribution is -0.124. The summed E-state index contributed by atoms with van der Waals surface area (Å²) in [5.74, 6) is -3.02. The number of anilines is 1. The number of nitrogens with one attached hydrogen (secondary N) is 3. The van der Waals surface area contributed by atoms with Crippen molar-refractivity contribution in [3.8, 4) is 0 Å². The van der Waals surface area contributed by atoms with E-state index in [0.29, 0.717) is 16.3 Å². The molecule has 8 nitrogen and oxygen atoms in total. The molecule has 0 aliphatic carbocycles. The molecule has 9 heteroatoms. The first-order valence-corrected chi connectivity index (χ1v) is 8.64. The van der Waals surface area contributed by atoms with E-state index in [9.17, 15) is 19.2 Å². The first-order valence-electron chi connectivity index (χ1n) is 8.26. The summed E-state index contributed by atoms with van der Waals surface area (Å²) in [4.78, 5) is 47.0. The van der Waals surface area contributed by atoms with Gasteiger partial charge in [0, 0.05) is 23.6 Å². The molecule has 146 valence electrons. The second-order valence-corrected chi connectivity index (χ2v) is 6.22. The standard InChI is InChI=1S/C19H18ClN3O5/c1-11-14(20)7-4-8-15(11)21-16(24)9-10-17(25)22-23-18(26)12-5-2-3-6-13(12)19(27)28/h2-8H,9-10H2,1H3,(H,21,24)(H,22,25)(H,23,26)(H,27,28). The smallest absolute Gasteiger partial charge is 0.336 e. The average Bonchev–Trinajstić information content (AvgIpc) is 2.68. The van der Waals surface area contributed by atoms with Crippen molar-refractivity contribution in [1.29, 1.82) is 0 Å². The third-order valence-corrected chi connectivity index (χ3v) is 4.25. The molecule has 3 amide bonds. The Morgan fingerprint density at radius 1 is 0.893 bits per heavy atom. The molecular weight excluding hydrogens is 386 g/mol. The van der Waals surface area contributed by atoms with Crippen molar-refractivity contribution in [2.24, 2.45) is 0 Å². The average molecular weight is 404 g/mol. The molecule has 0 radical (unpaired) electrons. The molecule has 2 aromatic rings. The van der Waals surface area contributed by atoms with Crippen LogP contribution in [0.5, 0.6) is 0 Å². The van der Waals surface area contributed by atoms with E-state index in [4.69, 9.17) is 16.7 Å². The molecule has 2 rings (SSSR count). The van der Waals surface area contributed by atoms with Crippen molar-refractivity contribution in [1.82, 2.24) is 10.9 Å². The Balaban J connectivity index is 1.83. The summed E-state index contributed by atoms with van der Waals surface area (Å²) in [7, 11) is 0. The fourth-order valence-corrected chi connectivity index (χ4v) is 2.48. The van der Waals surface area contributed by atoms with Crippen LogP contribution in [0, 0.1) is 6.92 Å². The Morgan fingerprint density at radius 3 is 2.21 bits per heavy atom. The third-order valence-electron chi connectivity index (χ3n) is 3.84. The summed E-state index contributed by atoms with van der Waals surface area (Å²) < 4.78 is 0. The quantitative estimate of drug-likeness (QED) is 0.551. The zero-order valence-corrected chi connectivity index (χ0v) is 15.7. The molecule has 0 aliphatic heterocycles. The number of benzene rings is 2. The van der Waals surface area contributed by atoms with Crippen molar-refractivity contribution in [3.63, 3.8) is 0 Å². The first-order chi connectivity index (χ1) is 13.3. The second kappa shape index (κ2) is 9.52. The van der Waals surface area contributed by atoms with E-state index >= 15 is 0 Å². The molecule has 4 N–H and O–H groups in total. The summed E-state index contributed by atoms with van der Waals surface area (Å²) in [6, 6.07) is 10.7. The predicted octanol–water partition coefficient (Wildman–Crippen LogP) is 2.53. The molecule has 0 saturated heterocycles. The summed E-state index contributed by atoms with van der Waals surface area (Å²) in [6.45, 7) is 1.76. The molecule has 0 heterocycles. The number of carboxylic acids is 1. The van der Waals surface area contributed by atoms with Crippen LogP contribution in [0.4, 0.5) is 5.69 Å². The summed E-state index contributed by atoms with van der Waals surface area (Å²) in [5, 5.41) is 12.2. The molecule has 0 saturated carbocycles. The first kappa shape index (κ1) is 20.9. The van der Waals surface area contributed by atoms with Gasteiger partial charge in [0.25, 0.3) is 5.91 Å². The number of aromatic carboxylic acids is 1. The molecule has 28 heavy (non-hydrogen) atoms. The van der Waals surface area contributed by atoms with E-state index in [0.717, 1.165) is 0 Å². The third kappa shape index (κ3) is 5.55. The molecule has 0 aliphatic rings. The Bertz CT molecular complexity index is 930. The van der Waals surface area contributed by atoms with Gasteiger partial charge in [-0.1, -0.05) is 29.8 Å². The van der Waals surface area contributed by atoms with Crippen LogP contribution in [0.25, 0.3) is 0 Å². The molecule has 0 aromatic heterocycles. The Labute approximate surface area is 165 Å². The summed E-state index contributed by atoms with van der Waals surface area (Å²) in [5.41, 5.74) is 5.27. The van der Waals surface area contributed by atoms with Gasteiger partial charge in [-0.05, 0) is 36.8 Å². The van der Waals surface area contributed by atoms with E-state index in [-0.39, 0.29) is 29.9 Å². The van der Waals surface area contributed by atoms with Crippen LogP contribution >= 0.6 is 11.6 Å². The lowest BCUT2D eigenvalue weighted by Gasteiger charge is -2.10. The van der Waals surface area contributed by atoms with Gasteiger partial charge in [0.1, 0.15) is 0 Å². The number of hydrogen-bond acceptors (Lipinski definition) is 4. The Kier molecular flexibility index (Phi) is 7.11. The van der Waals surface area contributed by atoms with Gasteiger partial charge in [0.05, 0.1) is 11.1 Å². The molecular formula is C19H18ClN3O5. The number of carboxylic acid groups (broad SMARTS) is 1. The molecule has 2 aromatic carbocycles. The monoisotopic (exact) mass is 403 g/mol. The lowest BCUT2D eigenvalue weighted by atomic mass is 10.1. The van der Waals surface area contributed by atoms with Gasteiger partial charge in [0.2, 0.25) is 11.8 Å². The minimum atomic E-state index is -1.26. The maximum atomic E-state index is 12.0. The van der Waals surface area contributed by atoms with Crippen LogP contribution < -0.4 is 16.2 Å².